The highest BCUT2D eigenvalue weighted by Crippen LogP contribution is 2.27. The van der Waals surface area contributed by atoms with Gasteiger partial charge < -0.3 is 19.5 Å². The standard InChI is InChI=1S/C21H23NO6S/c1-14-4-7-16(8-5-14)22-20(24)12-29-13-21(25)28-11-17(23)15-6-9-18(26-2)19(10-15)27-3/h4-10H,11-13H2,1-3H3,(H,22,24). The first kappa shape index (κ1) is 22.3. The molecule has 0 unspecified atom stereocenters. The normalized spacial score (nSPS) is 10.2. The number of benzene rings is 2. The molecule has 0 saturated carbocycles. The molecule has 8 heteroatoms. The Morgan fingerprint density at radius 3 is 2.28 bits per heavy atom. The summed E-state index contributed by atoms with van der Waals surface area (Å²) in [6.45, 7) is 1.58. The number of nitrogens with one attached hydrogen (secondary N) is 1. The number of carbonyl (C=O) groups excluding carboxylic acids is 3. The van der Waals surface area contributed by atoms with Gasteiger partial charge in [-0.15, -0.1) is 11.8 Å². The van der Waals surface area contributed by atoms with Crippen molar-refractivity contribution in [2.75, 3.05) is 37.6 Å². The van der Waals surface area contributed by atoms with Gasteiger partial charge in [-0.05, 0) is 37.3 Å². The minimum absolute atomic E-state index is 0.0273. The van der Waals surface area contributed by atoms with Crippen LogP contribution in [0.2, 0.25) is 0 Å². The van der Waals surface area contributed by atoms with Gasteiger partial charge >= 0.3 is 5.97 Å². The molecule has 1 amide bonds. The predicted molar refractivity (Wildman–Crippen MR) is 112 cm³/mol. The molecule has 0 atom stereocenters. The third kappa shape index (κ3) is 7.15. The van der Waals surface area contributed by atoms with E-state index in [2.05, 4.69) is 5.32 Å². The van der Waals surface area contributed by atoms with Crippen LogP contribution in [0.1, 0.15) is 15.9 Å². The number of thioether (sulfide) groups is 1. The number of esters is 1. The third-order valence-electron chi connectivity index (χ3n) is 3.86. The minimum Gasteiger partial charge on any atom is -0.493 e. The Balaban J connectivity index is 1.72. The van der Waals surface area contributed by atoms with E-state index in [1.165, 1.54) is 20.3 Å². The molecule has 0 heterocycles. The summed E-state index contributed by atoms with van der Waals surface area (Å²) < 4.78 is 15.3. The molecule has 2 aromatic carbocycles. The van der Waals surface area contributed by atoms with Gasteiger partial charge in [0, 0.05) is 11.3 Å². The number of rotatable bonds is 10. The van der Waals surface area contributed by atoms with Crippen LogP contribution in [-0.2, 0) is 14.3 Å². The number of ketones is 1. The molecule has 7 nitrogen and oxygen atoms in total. The molecule has 0 spiro atoms. The zero-order valence-corrected chi connectivity index (χ0v) is 17.3. The van der Waals surface area contributed by atoms with Gasteiger partial charge in [0.05, 0.1) is 25.7 Å². The van der Waals surface area contributed by atoms with E-state index in [4.69, 9.17) is 14.2 Å². The maximum absolute atomic E-state index is 12.2. The Bertz CT molecular complexity index is 866. The number of methoxy groups -OCH3 is 2. The van der Waals surface area contributed by atoms with Gasteiger partial charge in [-0.2, -0.15) is 0 Å². The maximum Gasteiger partial charge on any atom is 0.316 e. The van der Waals surface area contributed by atoms with E-state index in [1.807, 2.05) is 31.2 Å². The second kappa shape index (κ2) is 11.1. The number of aryl methyl sites for hydroxylation is 1. The van der Waals surface area contributed by atoms with Gasteiger partial charge in [0.25, 0.3) is 0 Å². The number of Topliss-reactive ketones (excluding diaryl/α,β-unsaturated/α-hetero) is 1. The second-order valence-electron chi connectivity index (χ2n) is 6.06. The first-order chi connectivity index (χ1) is 13.9. The Morgan fingerprint density at radius 2 is 1.62 bits per heavy atom. The van der Waals surface area contributed by atoms with Crippen LogP contribution in [0.25, 0.3) is 0 Å². The topological polar surface area (TPSA) is 90.9 Å². The number of carbonyl (C=O) groups is 3. The summed E-state index contributed by atoms with van der Waals surface area (Å²) in [5, 5.41) is 2.75. The molecule has 0 bridgehead atoms. The Morgan fingerprint density at radius 1 is 0.931 bits per heavy atom. The molecule has 2 rings (SSSR count). The lowest BCUT2D eigenvalue weighted by Crippen LogP contribution is -2.18. The van der Waals surface area contributed by atoms with Crippen LogP contribution in [-0.4, -0.2) is 50.0 Å². The van der Waals surface area contributed by atoms with Crippen molar-refractivity contribution in [1.82, 2.24) is 0 Å². The third-order valence-corrected chi connectivity index (χ3v) is 4.76. The molecule has 0 radical (unpaired) electrons. The molecule has 0 aromatic heterocycles. The van der Waals surface area contributed by atoms with Crippen molar-refractivity contribution in [2.45, 2.75) is 6.92 Å². The van der Waals surface area contributed by atoms with Gasteiger partial charge in [-0.3, -0.25) is 14.4 Å². The van der Waals surface area contributed by atoms with Crippen molar-refractivity contribution in [3.8, 4) is 11.5 Å². The number of hydrogen-bond donors (Lipinski definition) is 1. The molecule has 2 aromatic rings. The summed E-state index contributed by atoms with van der Waals surface area (Å²) in [7, 11) is 2.97. The highest BCUT2D eigenvalue weighted by atomic mass is 32.2. The van der Waals surface area contributed by atoms with Crippen molar-refractivity contribution in [3.05, 3.63) is 53.6 Å². The largest absolute Gasteiger partial charge is 0.493 e. The summed E-state index contributed by atoms with van der Waals surface area (Å²) in [6.07, 6.45) is 0. The zero-order chi connectivity index (χ0) is 21.2. The van der Waals surface area contributed by atoms with Crippen LogP contribution < -0.4 is 14.8 Å². The summed E-state index contributed by atoms with van der Waals surface area (Å²) in [5.74, 6) is -0.143. The van der Waals surface area contributed by atoms with E-state index < -0.39 is 5.97 Å². The number of amides is 1. The van der Waals surface area contributed by atoms with Gasteiger partial charge in [0.2, 0.25) is 5.91 Å². The Labute approximate surface area is 173 Å². The molecule has 1 N–H and O–H groups in total. The van der Waals surface area contributed by atoms with E-state index >= 15 is 0 Å². The Kier molecular flexibility index (Phi) is 8.54. The van der Waals surface area contributed by atoms with Gasteiger partial charge in [0.1, 0.15) is 0 Å². The first-order valence-corrected chi connectivity index (χ1v) is 9.93. The molecule has 0 aliphatic heterocycles. The van der Waals surface area contributed by atoms with Crippen LogP contribution >= 0.6 is 11.8 Å². The van der Waals surface area contributed by atoms with Crippen molar-refractivity contribution in [3.63, 3.8) is 0 Å². The van der Waals surface area contributed by atoms with Crippen LogP contribution in [0.3, 0.4) is 0 Å². The Hall–Kier alpha value is -3.00. The SMILES string of the molecule is COc1ccc(C(=O)COC(=O)CSCC(=O)Nc2ccc(C)cc2)cc1OC. The number of ether oxygens (including phenoxy) is 3. The summed E-state index contributed by atoms with van der Waals surface area (Å²) >= 11 is 1.12. The number of anilines is 1. The van der Waals surface area contributed by atoms with E-state index in [0.29, 0.717) is 22.7 Å². The zero-order valence-electron chi connectivity index (χ0n) is 16.5. The second-order valence-corrected chi connectivity index (χ2v) is 7.05. The van der Waals surface area contributed by atoms with E-state index in [9.17, 15) is 14.4 Å². The lowest BCUT2D eigenvalue weighted by Gasteiger charge is -2.09. The summed E-state index contributed by atoms with van der Waals surface area (Å²) in [6, 6.07) is 12.1. The average molecular weight is 417 g/mol. The van der Waals surface area contributed by atoms with E-state index in [1.54, 1.807) is 12.1 Å². The molecule has 0 aliphatic rings. The summed E-state index contributed by atoms with van der Waals surface area (Å²) in [4.78, 5) is 35.9. The van der Waals surface area contributed by atoms with Gasteiger partial charge in [0.15, 0.2) is 23.9 Å². The van der Waals surface area contributed by atoms with Crippen molar-refractivity contribution >= 4 is 35.1 Å². The van der Waals surface area contributed by atoms with Crippen LogP contribution in [0.5, 0.6) is 11.5 Å². The highest BCUT2D eigenvalue weighted by Gasteiger charge is 2.14. The quantitative estimate of drug-likeness (QED) is 0.469. The average Bonchev–Trinajstić information content (AvgIpc) is 2.73. The molecule has 0 aliphatic carbocycles. The lowest BCUT2D eigenvalue weighted by atomic mass is 10.1. The van der Waals surface area contributed by atoms with E-state index in [0.717, 1.165) is 17.3 Å². The van der Waals surface area contributed by atoms with Crippen molar-refractivity contribution < 1.29 is 28.6 Å². The van der Waals surface area contributed by atoms with Gasteiger partial charge in [-0.25, -0.2) is 0 Å². The molecule has 154 valence electrons. The molecular weight excluding hydrogens is 394 g/mol. The fourth-order valence-electron chi connectivity index (χ4n) is 2.34. The number of hydrogen-bond acceptors (Lipinski definition) is 7. The maximum atomic E-state index is 12.2. The monoisotopic (exact) mass is 417 g/mol. The lowest BCUT2D eigenvalue weighted by molar-refractivity contribution is -0.139. The molecule has 0 saturated heterocycles. The molecule has 29 heavy (non-hydrogen) atoms. The van der Waals surface area contributed by atoms with Crippen LogP contribution in [0.4, 0.5) is 5.69 Å². The van der Waals surface area contributed by atoms with E-state index in [-0.39, 0.29) is 29.8 Å². The first-order valence-electron chi connectivity index (χ1n) is 8.78. The van der Waals surface area contributed by atoms with Crippen molar-refractivity contribution in [2.24, 2.45) is 0 Å². The fourth-order valence-corrected chi connectivity index (χ4v) is 2.95. The summed E-state index contributed by atoms with van der Waals surface area (Å²) in [5.41, 5.74) is 2.15. The molecule has 0 fully saturated rings. The van der Waals surface area contributed by atoms with Crippen LogP contribution in [0, 0.1) is 6.92 Å². The highest BCUT2D eigenvalue weighted by molar-refractivity contribution is 8.00. The van der Waals surface area contributed by atoms with Crippen molar-refractivity contribution in [1.29, 1.82) is 0 Å². The molecular formula is C21H23NO6S. The fraction of sp³-hybridized carbons (Fsp3) is 0.286. The van der Waals surface area contributed by atoms with Crippen LogP contribution in [0.15, 0.2) is 42.5 Å². The minimum atomic E-state index is -0.563. The smallest absolute Gasteiger partial charge is 0.316 e. The predicted octanol–water partition coefficient (Wildman–Crippen LogP) is 3.11. The van der Waals surface area contributed by atoms with Gasteiger partial charge in [-0.1, -0.05) is 17.7 Å².